The van der Waals surface area contributed by atoms with Crippen LogP contribution >= 0.6 is 0 Å². The Balaban J connectivity index is 1.79. The zero-order chi connectivity index (χ0) is 15.7. The van der Waals surface area contributed by atoms with E-state index in [1.165, 1.54) is 25.3 Å². The number of nitrogens with zero attached hydrogens (tertiary/aromatic N) is 2. The van der Waals surface area contributed by atoms with Crippen LogP contribution in [0.15, 0.2) is 18.2 Å². The number of hydrogen-bond acceptors (Lipinski definition) is 5. The van der Waals surface area contributed by atoms with Gasteiger partial charge in [-0.05, 0) is 25.5 Å². The molecule has 2 aliphatic rings. The van der Waals surface area contributed by atoms with E-state index in [2.05, 4.69) is 5.32 Å². The van der Waals surface area contributed by atoms with Gasteiger partial charge in [-0.15, -0.1) is 0 Å². The van der Waals surface area contributed by atoms with Crippen molar-refractivity contribution in [2.75, 3.05) is 33.3 Å². The van der Waals surface area contributed by atoms with Crippen LogP contribution in [0.25, 0.3) is 0 Å². The Kier molecular flexibility index (Phi) is 3.74. The van der Waals surface area contributed by atoms with E-state index < -0.39 is 4.92 Å². The van der Waals surface area contributed by atoms with E-state index in [0.29, 0.717) is 5.56 Å². The molecule has 0 saturated carbocycles. The number of hydrogen-bond donors (Lipinski definition) is 1. The zero-order valence-electron chi connectivity index (χ0n) is 12.5. The summed E-state index contributed by atoms with van der Waals surface area (Å²) in [6.45, 7) is 3.45. The molecule has 1 amide bonds. The molecule has 1 N–H and O–H groups in total. The van der Waals surface area contributed by atoms with E-state index in [1.54, 1.807) is 0 Å². The molecular formula is C15H19N3O4. The van der Waals surface area contributed by atoms with Gasteiger partial charge in [0.25, 0.3) is 5.91 Å². The molecule has 2 heterocycles. The van der Waals surface area contributed by atoms with Crippen molar-refractivity contribution in [2.24, 2.45) is 5.41 Å². The Morgan fingerprint density at radius 1 is 1.45 bits per heavy atom. The van der Waals surface area contributed by atoms with Crippen LogP contribution in [-0.2, 0) is 0 Å². The Hall–Kier alpha value is -2.15. The molecule has 3 rings (SSSR count). The molecule has 2 saturated heterocycles. The fourth-order valence-electron chi connectivity index (χ4n) is 3.40. The lowest BCUT2D eigenvalue weighted by Crippen LogP contribution is -2.33. The maximum Gasteiger partial charge on any atom is 0.310 e. The lowest BCUT2D eigenvalue weighted by Gasteiger charge is -2.22. The number of amides is 1. The van der Waals surface area contributed by atoms with E-state index in [4.69, 9.17) is 4.74 Å². The highest BCUT2D eigenvalue weighted by Gasteiger charge is 2.42. The van der Waals surface area contributed by atoms with E-state index >= 15 is 0 Å². The van der Waals surface area contributed by atoms with E-state index in [0.717, 1.165) is 39.0 Å². The smallest absolute Gasteiger partial charge is 0.310 e. The molecule has 1 aromatic carbocycles. The minimum atomic E-state index is -0.512. The Labute approximate surface area is 128 Å². The number of carbonyl (C=O) groups excluding carboxylic acids is 1. The number of nitro benzene ring substituents is 1. The lowest BCUT2D eigenvalue weighted by molar-refractivity contribution is -0.385. The minimum absolute atomic E-state index is 0.0861. The molecule has 0 bridgehead atoms. The summed E-state index contributed by atoms with van der Waals surface area (Å²) in [7, 11) is 1.37. The fourth-order valence-corrected chi connectivity index (χ4v) is 3.40. The first-order valence-electron chi connectivity index (χ1n) is 7.37. The molecule has 2 fully saturated rings. The minimum Gasteiger partial charge on any atom is -0.490 e. The van der Waals surface area contributed by atoms with Gasteiger partial charge in [0.15, 0.2) is 5.75 Å². The number of benzene rings is 1. The first-order valence-corrected chi connectivity index (χ1v) is 7.37. The summed E-state index contributed by atoms with van der Waals surface area (Å²) < 4.78 is 5.03. The quantitative estimate of drug-likeness (QED) is 0.674. The van der Waals surface area contributed by atoms with Crippen LogP contribution in [0, 0.1) is 15.5 Å². The lowest BCUT2D eigenvalue weighted by atomic mass is 9.86. The van der Waals surface area contributed by atoms with Gasteiger partial charge < -0.3 is 15.0 Å². The molecule has 1 spiro atoms. The number of rotatable bonds is 3. The first-order chi connectivity index (χ1) is 10.5. The Morgan fingerprint density at radius 3 is 2.91 bits per heavy atom. The molecule has 0 aliphatic carbocycles. The number of nitrogens with one attached hydrogen (secondary N) is 1. The molecule has 0 aromatic heterocycles. The van der Waals surface area contributed by atoms with E-state index in [-0.39, 0.29) is 22.8 Å². The van der Waals surface area contributed by atoms with Gasteiger partial charge in [-0.25, -0.2) is 0 Å². The summed E-state index contributed by atoms with van der Waals surface area (Å²) in [5, 5.41) is 14.3. The maximum atomic E-state index is 12.6. The monoisotopic (exact) mass is 305 g/mol. The second-order valence-corrected chi connectivity index (χ2v) is 6.05. The van der Waals surface area contributed by atoms with Crippen LogP contribution in [0.1, 0.15) is 23.2 Å². The molecule has 1 atom stereocenters. The molecular weight excluding hydrogens is 286 g/mol. The molecule has 22 heavy (non-hydrogen) atoms. The second-order valence-electron chi connectivity index (χ2n) is 6.05. The highest BCUT2D eigenvalue weighted by Crippen LogP contribution is 2.37. The van der Waals surface area contributed by atoms with Crippen molar-refractivity contribution in [2.45, 2.75) is 12.8 Å². The molecule has 0 radical (unpaired) electrons. The van der Waals surface area contributed by atoms with E-state index in [1.807, 2.05) is 4.90 Å². The first kappa shape index (κ1) is 14.8. The van der Waals surface area contributed by atoms with Crippen LogP contribution in [0.2, 0.25) is 0 Å². The molecule has 7 heteroatoms. The summed E-state index contributed by atoms with van der Waals surface area (Å²) in [6, 6.07) is 4.29. The number of ether oxygens (including phenoxy) is 1. The summed E-state index contributed by atoms with van der Waals surface area (Å²) in [6.07, 6.45) is 2.11. The number of methoxy groups -OCH3 is 1. The normalized spacial score (nSPS) is 24.0. The highest BCUT2D eigenvalue weighted by molar-refractivity contribution is 5.95. The van der Waals surface area contributed by atoms with Crippen molar-refractivity contribution in [3.63, 3.8) is 0 Å². The molecule has 1 unspecified atom stereocenters. The van der Waals surface area contributed by atoms with Gasteiger partial charge >= 0.3 is 5.69 Å². The third kappa shape index (κ3) is 2.52. The van der Waals surface area contributed by atoms with Crippen molar-refractivity contribution in [1.29, 1.82) is 0 Å². The Bertz CT molecular complexity index is 611. The van der Waals surface area contributed by atoms with Gasteiger partial charge in [-0.1, -0.05) is 0 Å². The molecule has 118 valence electrons. The van der Waals surface area contributed by atoms with Gasteiger partial charge in [0.2, 0.25) is 0 Å². The topological polar surface area (TPSA) is 84.7 Å². The number of likely N-dealkylation sites (tertiary alicyclic amines) is 1. The van der Waals surface area contributed by atoms with Crippen LogP contribution in [0.5, 0.6) is 5.75 Å². The molecule has 1 aromatic rings. The van der Waals surface area contributed by atoms with Gasteiger partial charge in [-0.2, -0.15) is 0 Å². The highest BCUT2D eigenvalue weighted by atomic mass is 16.6. The molecule has 7 nitrogen and oxygen atoms in total. The number of carbonyl (C=O) groups is 1. The van der Waals surface area contributed by atoms with Gasteiger partial charge in [0.05, 0.1) is 12.0 Å². The molecule has 2 aliphatic heterocycles. The average Bonchev–Trinajstić information content (AvgIpc) is 3.16. The zero-order valence-corrected chi connectivity index (χ0v) is 12.5. The fraction of sp³-hybridized carbons (Fsp3) is 0.533. The third-order valence-corrected chi connectivity index (χ3v) is 4.68. The van der Waals surface area contributed by atoms with Crippen LogP contribution in [-0.4, -0.2) is 49.0 Å². The predicted octanol–water partition coefficient (Wildman–Crippen LogP) is 1.43. The van der Waals surface area contributed by atoms with E-state index in [9.17, 15) is 14.9 Å². The third-order valence-electron chi connectivity index (χ3n) is 4.68. The van der Waals surface area contributed by atoms with Crippen LogP contribution in [0.3, 0.4) is 0 Å². The SMILES string of the molecule is COc1cc(C(=O)N2CCC3(CCNC3)C2)ccc1[N+](=O)[O-]. The summed E-state index contributed by atoms with van der Waals surface area (Å²) in [5.74, 6) is 0.0317. The van der Waals surface area contributed by atoms with Crippen molar-refractivity contribution in [3.8, 4) is 5.75 Å². The van der Waals surface area contributed by atoms with Crippen LogP contribution in [0.4, 0.5) is 5.69 Å². The predicted molar refractivity (Wildman–Crippen MR) is 80.1 cm³/mol. The van der Waals surface area contributed by atoms with Crippen molar-refractivity contribution >= 4 is 11.6 Å². The summed E-state index contributed by atoms with van der Waals surface area (Å²) >= 11 is 0. The van der Waals surface area contributed by atoms with Crippen molar-refractivity contribution in [3.05, 3.63) is 33.9 Å². The van der Waals surface area contributed by atoms with Crippen molar-refractivity contribution < 1.29 is 14.5 Å². The Morgan fingerprint density at radius 2 is 2.27 bits per heavy atom. The van der Waals surface area contributed by atoms with Gasteiger partial charge in [0, 0.05) is 42.7 Å². The maximum absolute atomic E-state index is 12.6. The van der Waals surface area contributed by atoms with Crippen LogP contribution < -0.4 is 10.1 Å². The average molecular weight is 305 g/mol. The summed E-state index contributed by atoms with van der Waals surface area (Å²) in [5.41, 5.74) is 0.517. The standard InChI is InChI=1S/C15H19N3O4/c1-22-13-8-11(2-3-12(13)18(20)21)14(19)17-7-5-15(10-17)4-6-16-9-15/h2-3,8,16H,4-7,9-10H2,1H3. The second kappa shape index (κ2) is 5.57. The summed E-state index contributed by atoms with van der Waals surface area (Å²) in [4.78, 5) is 24.9. The largest absolute Gasteiger partial charge is 0.490 e. The number of nitro groups is 1. The van der Waals surface area contributed by atoms with Gasteiger partial charge in [-0.3, -0.25) is 14.9 Å². The van der Waals surface area contributed by atoms with Crippen molar-refractivity contribution in [1.82, 2.24) is 10.2 Å². The van der Waals surface area contributed by atoms with Gasteiger partial charge in [0.1, 0.15) is 0 Å².